The van der Waals surface area contributed by atoms with Gasteiger partial charge in [-0.3, -0.25) is 13.9 Å². The van der Waals surface area contributed by atoms with Crippen LogP contribution < -0.4 is 9.62 Å². The van der Waals surface area contributed by atoms with Crippen molar-refractivity contribution in [3.8, 4) is 0 Å². The zero-order chi connectivity index (χ0) is 30.3. The van der Waals surface area contributed by atoms with Gasteiger partial charge in [-0.1, -0.05) is 92.7 Å². The summed E-state index contributed by atoms with van der Waals surface area (Å²) in [5, 5.41) is 4.45. The predicted molar refractivity (Wildman–Crippen MR) is 165 cm³/mol. The fourth-order valence-corrected chi connectivity index (χ4v) is 5.65. The SMILES string of the molecule is CC(C)CNC(=O)C(Cc1ccccc1)N(Cc1ccc(F)cc1)C(=O)CN(c1cccc2ccccc12)S(C)(=O)=O. The summed E-state index contributed by atoms with van der Waals surface area (Å²) in [5.74, 6) is -1.15. The molecule has 4 aromatic carbocycles. The maximum Gasteiger partial charge on any atom is 0.244 e. The number of rotatable bonds is 12. The van der Waals surface area contributed by atoms with Crippen molar-refractivity contribution in [3.05, 3.63) is 114 Å². The van der Waals surface area contributed by atoms with Gasteiger partial charge in [0.25, 0.3) is 0 Å². The van der Waals surface area contributed by atoms with Gasteiger partial charge in [0.2, 0.25) is 21.8 Å². The average molecular weight is 590 g/mol. The van der Waals surface area contributed by atoms with Crippen molar-refractivity contribution >= 4 is 38.3 Å². The van der Waals surface area contributed by atoms with E-state index >= 15 is 0 Å². The van der Waals surface area contributed by atoms with Crippen LogP contribution in [-0.2, 0) is 32.6 Å². The number of hydrogen-bond acceptors (Lipinski definition) is 4. The van der Waals surface area contributed by atoms with Crippen LogP contribution in [0.15, 0.2) is 97.1 Å². The van der Waals surface area contributed by atoms with Crippen molar-refractivity contribution in [1.82, 2.24) is 10.2 Å². The van der Waals surface area contributed by atoms with Gasteiger partial charge in [0.1, 0.15) is 18.4 Å². The molecule has 42 heavy (non-hydrogen) atoms. The summed E-state index contributed by atoms with van der Waals surface area (Å²) < 4.78 is 41.1. The minimum Gasteiger partial charge on any atom is -0.354 e. The van der Waals surface area contributed by atoms with Gasteiger partial charge in [-0.2, -0.15) is 0 Å². The number of carbonyl (C=O) groups is 2. The molecular weight excluding hydrogens is 553 g/mol. The van der Waals surface area contributed by atoms with Gasteiger partial charge in [-0.05, 0) is 40.6 Å². The molecule has 0 bridgehead atoms. The zero-order valence-electron chi connectivity index (χ0n) is 24.0. The number of anilines is 1. The second kappa shape index (κ2) is 13.6. The lowest BCUT2D eigenvalue weighted by molar-refractivity contribution is -0.140. The largest absolute Gasteiger partial charge is 0.354 e. The topological polar surface area (TPSA) is 86.8 Å². The monoisotopic (exact) mass is 589 g/mol. The molecular formula is C33H36FN3O4S. The van der Waals surface area contributed by atoms with Crippen molar-refractivity contribution in [2.24, 2.45) is 5.92 Å². The normalized spacial score (nSPS) is 12.2. The Morgan fingerprint density at radius 2 is 1.48 bits per heavy atom. The van der Waals surface area contributed by atoms with Crippen LogP contribution in [0.3, 0.4) is 0 Å². The van der Waals surface area contributed by atoms with E-state index in [-0.39, 0.29) is 24.8 Å². The zero-order valence-corrected chi connectivity index (χ0v) is 24.9. The first-order valence-corrected chi connectivity index (χ1v) is 15.7. The third kappa shape index (κ3) is 7.94. The van der Waals surface area contributed by atoms with E-state index in [2.05, 4.69) is 5.32 Å². The third-order valence-corrected chi connectivity index (χ3v) is 8.06. The van der Waals surface area contributed by atoms with Gasteiger partial charge < -0.3 is 10.2 Å². The second-order valence-corrected chi connectivity index (χ2v) is 12.7. The highest BCUT2D eigenvalue weighted by Crippen LogP contribution is 2.29. The quantitative estimate of drug-likeness (QED) is 0.248. The molecule has 0 spiro atoms. The Labute approximate surface area is 247 Å². The maximum atomic E-state index is 14.2. The molecule has 0 aliphatic carbocycles. The Morgan fingerprint density at radius 3 is 2.14 bits per heavy atom. The number of fused-ring (bicyclic) bond motifs is 1. The summed E-state index contributed by atoms with van der Waals surface area (Å²) in [6, 6.07) is 26.7. The van der Waals surface area contributed by atoms with E-state index in [4.69, 9.17) is 0 Å². The minimum absolute atomic E-state index is 0.0150. The van der Waals surface area contributed by atoms with Gasteiger partial charge in [0, 0.05) is 24.9 Å². The van der Waals surface area contributed by atoms with E-state index in [1.54, 1.807) is 30.3 Å². The first kappa shape index (κ1) is 30.7. The van der Waals surface area contributed by atoms with E-state index < -0.39 is 34.3 Å². The molecule has 4 aromatic rings. The molecule has 0 aromatic heterocycles. The van der Waals surface area contributed by atoms with Gasteiger partial charge in [-0.25, -0.2) is 12.8 Å². The molecule has 0 aliphatic rings. The number of amides is 2. The predicted octanol–water partition coefficient (Wildman–Crippen LogP) is 5.16. The first-order valence-electron chi connectivity index (χ1n) is 13.8. The standard InChI is InChI=1S/C33H36FN3O4S/c1-24(2)21-35-33(39)31(20-25-10-5-4-6-11-25)36(22-26-16-18-28(34)19-17-26)32(38)23-37(42(3,40)41)30-15-9-13-27-12-7-8-14-29(27)30/h4-19,24,31H,20-23H2,1-3H3,(H,35,39). The van der Waals surface area contributed by atoms with Crippen molar-refractivity contribution in [2.45, 2.75) is 32.9 Å². The fraction of sp³-hybridized carbons (Fsp3) is 0.273. The molecule has 1 atom stereocenters. The third-order valence-electron chi connectivity index (χ3n) is 6.94. The van der Waals surface area contributed by atoms with Crippen LogP contribution in [0.2, 0.25) is 0 Å². The van der Waals surface area contributed by atoms with Crippen LogP contribution >= 0.6 is 0 Å². The maximum absolute atomic E-state index is 14.2. The van der Waals surface area contributed by atoms with Crippen LogP contribution in [0.25, 0.3) is 10.8 Å². The molecule has 1 N–H and O–H groups in total. The number of nitrogens with one attached hydrogen (secondary N) is 1. The van der Waals surface area contributed by atoms with E-state index in [1.165, 1.54) is 17.0 Å². The number of hydrogen-bond donors (Lipinski definition) is 1. The van der Waals surface area contributed by atoms with Crippen molar-refractivity contribution in [3.63, 3.8) is 0 Å². The Morgan fingerprint density at radius 1 is 0.833 bits per heavy atom. The van der Waals surface area contributed by atoms with E-state index in [1.807, 2.05) is 68.4 Å². The highest BCUT2D eigenvalue weighted by atomic mass is 32.2. The smallest absolute Gasteiger partial charge is 0.244 e. The van der Waals surface area contributed by atoms with Crippen LogP contribution in [-0.4, -0.2) is 50.5 Å². The molecule has 0 fully saturated rings. The van der Waals surface area contributed by atoms with Crippen molar-refractivity contribution in [1.29, 1.82) is 0 Å². The summed E-state index contributed by atoms with van der Waals surface area (Å²) >= 11 is 0. The molecule has 7 nitrogen and oxygen atoms in total. The highest BCUT2D eigenvalue weighted by Gasteiger charge is 2.33. The van der Waals surface area contributed by atoms with Crippen molar-refractivity contribution < 1.29 is 22.4 Å². The molecule has 9 heteroatoms. The number of carbonyl (C=O) groups excluding carboxylic acids is 2. The lowest BCUT2D eigenvalue weighted by Gasteiger charge is -2.34. The molecule has 0 saturated heterocycles. The average Bonchev–Trinajstić information content (AvgIpc) is 2.97. The van der Waals surface area contributed by atoms with E-state index in [0.717, 1.165) is 21.5 Å². The highest BCUT2D eigenvalue weighted by molar-refractivity contribution is 7.92. The van der Waals surface area contributed by atoms with Gasteiger partial charge >= 0.3 is 0 Å². The van der Waals surface area contributed by atoms with Crippen LogP contribution in [0.1, 0.15) is 25.0 Å². The van der Waals surface area contributed by atoms with Crippen LogP contribution in [0.4, 0.5) is 10.1 Å². The molecule has 4 rings (SSSR count). The second-order valence-electron chi connectivity index (χ2n) is 10.8. The Balaban J connectivity index is 1.77. The molecule has 1 unspecified atom stereocenters. The lowest BCUT2D eigenvalue weighted by atomic mass is 10.0. The number of halogens is 1. The molecule has 0 aliphatic heterocycles. The molecule has 0 saturated carbocycles. The summed E-state index contributed by atoms with van der Waals surface area (Å²) in [5.41, 5.74) is 1.82. The van der Waals surface area contributed by atoms with Gasteiger partial charge in [0.15, 0.2) is 0 Å². The summed E-state index contributed by atoms with van der Waals surface area (Å²) in [6.45, 7) is 3.83. The first-order chi connectivity index (χ1) is 20.0. The number of sulfonamides is 1. The molecule has 0 heterocycles. The summed E-state index contributed by atoms with van der Waals surface area (Å²) in [6.07, 6.45) is 1.27. The van der Waals surface area contributed by atoms with Gasteiger partial charge in [-0.15, -0.1) is 0 Å². The lowest BCUT2D eigenvalue weighted by Crippen LogP contribution is -2.53. The van der Waals surface area contributed by atoms with E-state index in [0.29, 0.717) is 23.2 Å². The number of nitrogens with zero attached hydrogens (tertiary/aromatic N) is 2. The number of benzene rings is 4. The Hall–Kier alpha value is -4.24. The summed E-state index contributed by atoms with van der Waals surface area (Å²) in [4.78, 5) is 29.3. The Bertz CT molecular complexity index is 1620. The molecule has 0 radical (unpaired) electrons. The van der Waals surface area contributed by atoms with Gasteiger partial charge in [0.05, 0.1) is 11.9 Å². The van der Waals surface area contributed by atoms with Crippen LogP contribution in [0, 0.1) is 11.7 Å². The summed E-state index contributed by atoms with van der Waals surface area (Å²) in [7, 11) is -3.91. The molecule has 2 amide bonds. The minimum atomic E-state index is -3.91. The fourth-order valence-electron chi connectivity index (χ4n) is 4.78. The van der Waals surface area contributed by atoms with Crippen molar-refractivity contribution in [2.75, 3.05) is 23.7 Å². The Kier molecular flexibility index (Phi) is 9.96. The van der Waals surface area contributed by atoms with E-state index in [9.17, 15) is 22.4 Å². The van der Waals surface area contributed by atoms with Crippen LogP contribution in [0.5, 0.6) is 0 Å². The molecule has 220 valence electrons.